The first-order valence-electron chi connectivity index (χ1n) is 6.01. The smallest absolute Gasteiger partial charge is 0.220 e. The van der Waals surface area contributed by atoms with Crippen molar-refractivity contribution in [3.8, 4) is 11.8 Å². The van der Waals surface area contributed by atoms with Gasteiger partial charge in [-0.1, -0.05) is 11.8 Å². The van der Waals surface area contributed by atoms with E-state index in [0.717, 1.165) is 11.4 Å². The molecule has 0 aromatic carbocycles. The van der Waals surface area contributed by atoms with Crippen LogP contribution in [0.15, 0.2) is 17.3 Å². The number of rotatable bonds is 5. The SMILES string of the molecule is COc1cc(OC)nc(CSc2nc(C)cc(C)n2)n1. The first-order valence-corrected chi connectivity index (χ1v) is 7.00. The Hall–Kier alpha value is -1.89. The molecule has 0 aliphatic carbocycles. The maximum absolute atomic E-state index is 5.12. The van der Waals surface area contributed by atoms with E-state index in [1.54, 1.807) is 20.3 Å². The van der Waals surface area contributed by atoms with Gasteiger partial charge in [0.15, 0.2) is 5.16 Å². The van der Waals surface area contributed by atoms with Crippen LogP contribution in [0.5, 0.6) is 11.8 Å². The van der Waals surface area contributed by atoms with Crippen LogP contribution in [0.2, 0.25) is 0 Å². The summed E-state index contributed by atoms with van der Waals surface area (Å²) in [5, 5.41) is 0.716. The predicted octanol–water partition coefficient (Wildman–Crippen LogP) is 2.19. The van der Waals surface area contributed by atoms with E-state index in [9.17, 15) is 0 Å². The third kappa shape index (κ3) is 3.80. The standard InChI is InChI=1S/C13H16N4O2S/c1-8-5-9(2)15-13(14-8)20-7-10-16-11(18-3)6-12(17-10)19-4/h5-6H,7H2,1-4H3. The Kier molecular flexibility index (Phi) is 4.73. The average Bonchev–Trinajstić information content (AvgIpc) is 2.43. The van der Waals surface area contributed by atoms with Gasteiger partial charge in [-0.3, -0.25) is 0 Å². The molecule has 7 heteroatoms. The van der Waals surface area contributed by atoms with Crippen LogP contribution in [0.4, 0.5) is 0 Å². The van der Waals surface area contributed by atoms with Crippen LogP contribution in [-0.4, -0.2) is 34.2 Å². The fourth-order valence-electron chi connectivity index (χ4n) is 1.61. The molecule has 6 nitrogen and oxygen atoms in total. The van der Waals surface area contributed by atoms with Gasteiger partial charge in [0.2, 0.25) is 11.8 Å². The topological polar surface area (TPSA) is 70.0 Å². The lowest BCUT2D eigenvalue weighted by Crippen LogP contribution is -2.00. The number of thioether (sulfide) groups is 1. The summed E-state index contributed by atoms with van der Waals surface area (Å²) in [5.41, 5.74) is 1.90. The van der Waals surface area contributed by atoms with Gasteiger partial charge in [-0.05, 0) is 19.9 Å². The number of aryl methyl sites for hydroxylation is 2. The summed E-state index contributed by atoms with van der Waals surface area (Å²) < 4.78 is 10.2. The maximum atomic E-state index is 5.12. The highest BCUT2D eigenvalue weighted by Crippen LogP contribution is 2.21. The van der Waals surface area contributed by atoms with Gasteiger partial charge < -0.3 is 9.47 Å². The van der Waals surface area contributed by atoms with Crippen molar-refractivity contribution in [3.63, 3.8) is 0 Å². The molecule has 0 fully saturated rings. The second-order valence-corrected chi connectivity index (χ2v) is 5.03. The normalized spacial score (nSPS) is 10.4. The fourth-order valence-corrected chi connectivity index (χ4v) is 2.41. The number of hydrogen-bond acceptors (Lipinski definition) is 7. The van der Waals surface area contributed by atoms with Crippen molar-refractivity contribution in [2.24, 2.45) is 0 Å². The van der Waals surface area contributed by atoms with E-state index in [0.29, 0.717) is 28.5 Å². The third-order valence-corrected chi connectivity index (χ3v) is 3.28. The monoisotopic (exact) mass is 292 g/mol. The molecule has 0 saturated heterocycles. The summed E-state index contributed by atoms with van der Waals surface area (Å²) in [4.78, 5) is 17.3. The molecule has 0 spiro atoms. The van der Waals surface area contributed by atoms with E-state index in [2.05, 4.69) is 19.9 Å². The molecule has 0 aliphatic rings. The molecule has 0 radical (unpaired) electrons. The van der Waals surface area contributed by atoms with E-state index in [1.165, 1.54) is 11.8 Å². The summed E-state index contributed by atoms with van der Waals surface area (Å²) >= 11 is 1.48. The molecule has 2 aromatic rings. The van der Waals surface area contributed by atoms with Gasteiger partial charge in [0.1, 0.15) is 5.82 Å². The molecule has 0 amide bonds. The zero-order chi connectivity index (χ0) is 14.5. The number of hydrogen-bond donors (Lipinski definition) is 0. The van der Waals surface area contributed by atoms with Gasteiger partial charge in [-0.25, -0.2) is 9.97 Å². The molecule has 0 saturated carbocycles. The highest BCUT2D eigenvalue weighted by molar-refractivity contribution is 7.98. The van der Waals surface area contributed by atoms with Crippen molar-refractivity contribution in [1.29, 1.82) is 0 Å². The molecule has 0 bridgehead atoms. The van der Waals surface area contributed by atoms with Crippen LogP contribution in [0.1, 0.15) is 17.2 Å². The fraction of sp³-hybridized carbons (Fsp3) is 0.385. The number of methoxy groups -OCH3 is 2. The first kappa shape index (κ1) is 14.5. The molecular formula is C13H16N4O2S. The first-order chi connectivity index (χ1) is 9.60. The highest BCUT2D eigenvalue weighted by Gasteiger charge is 2.08. The summed E-state index contributed by atoms with van der Waals surface area (Å²) in [6, 6.07) is 3.58. The second kappa shape index (κ2) is 6.51. The van der Waals surface area contributed by atoms with Crippen molar-refractivity contribution in [2.75, 3.05) is 14.2 Å². The zero-order valence-corrected chi connectivity index (χ0v) is 12.7. The molecule has 2 rings (SSSR count). The summed E-state index contributed by atoms with van der Waals surface area (Å²) in [5.74, 6) is 2.13. The Morgan fingerprint density at radius 2 is 1.45 bits per heavy atom. The van der Waals surface area contributed by atoms with E-state index < -0.39 is 0 Å². The van der Waals surface area contributed by atoms with Gasteiger partial charge in [-0.2, -0.15) is 9.97 Å². The summed E-state index contributed by atoms with van der Waals surface area (Å²) in [6.45, 7) is 3.90. The lowest BCUT2D eigenvalue weighted by Gasteiger charge is -2.06. The molecule has 0 unspecified atom stereocenters. The Labute approximate surface area is 122 Å². The molecular weight excluding hydrogens is 276 g/mol. The minimum atomic E-state index is 0.480. The summed E-state index contributed by atoms with van der Waals surface area (Å²) in [6.07, 6.45) is 0. The van der Waals surface area contributed by atoms with Gasteiger partial charge in [-0.15, -0.1) is 0 Å². The van der Waals surface area contributed by atoms with Gasteiger partial charge in [0.25, 0.3) is 0 Å². The Balaban J connectivity index is 2.13. The Bertz CT molecular complexity index is 564. The van der Waals surface area contributed by atoms with Crippen molar-refractivity contribution in [1.82, 2.24) is 19.9 Å². The van der Waals surface area contributed by atoms with Crippen LogP contribution >= 0.6 is 11.8 Å². The number of nitrogens with zero attached hydrogens (tertiary/aromatic N) is 4. The predicted molar refractivity (Wildman–Crippen MR) is 76.2 cm³/mol. The van der Waals surface area contributed by atoms with E-state index in [-0.39, 0.29) is 0 Å². The van der Waals surface area contributed by atoms with Gasteiger partial charge >= 0.3 is 0 Å². The Morgan fingerprint density at radius 1 is 0.900 bits per heavy atom. The van der Waals surface area contributed by atoms with Crippen LogP contribution in [0, 0.1) is 13.8 Å². The minimum Gasteiger partial charge on any atom is -0.481 e. The van der Waals surface area contributed by atoms with Crippen LogP contribution in [-0.2, 0) is 5.75 Å². The van der Waals surface area contributed by atoms with Crippen molar-refractivity contribution >= 4 is 11.8 Å². The van der Waals surface area contributed by atoms with E-state index in [1.807, 2.05) is 19.9 Å². The van der Waals surface area contributed by atoms with Crippen molar-refractivity contribution in [2.45, 2.75) is 24.8 Å². The van der Waals surface area contributed by atoms with Crippen molar-refractivity contribution < 1.29 is 9.47 Å². The lowest BCUT2D eigenvalue weighted by molar-refractivity contribution is 0.369. The van der Waals surface area contributed by atoms with Crippen LogP contribution in [0.3, 0.4) is 0 Å². The van der Waals surface area contributed by atoms with E-state index >= 15 is 0 Å². The molecule has 106 valence electrons. The molecule has 0 N–H and O–H groups in total. The van der Waals surface area contributed by atoms with E-state index in [4.69, 9.17) is 9.47 Å². The van der Waals surface area contributed by atoms with Gasteiger partial charge in [0, 0.05) is 11.4 Å². The van der Waals surface area contributed by atoms with Crippen LogP contribution < -0.4 is 9.47 Å². The number of aromatic nitrogens is 4. The summed E-state index contributed by atoms with van der Waals surface area (Å²) in [7, 11) is 3.12. The molecule has 20 heavy (non-hydrogen) atoms. The second-order valence-electron chi connectivity index (χ2n) is 4.09. The number of ether oxygens (including phenoxy) is 2. The maximum Gasteiger partial charge on any atom is 0.220 e. The van der Waals surface area contributed by atoms with Crippen molar-refractivity contribution in [3.05, 3.63) is 29.3 Å². The third-order valence-electron chi connectivity index (χ3n) is 2.44. The average molecular weight is 292 g/mol. The van der Waals surface area contributed by atoms with Gasteiger partial charge in [0.05, 0.1) is 26.0 Å². The molecule has 0 atom stereocenters. The minimum absolute atomic E-state index is 0.480. The van der Waals surface area contributed by atoms with Crippen LogP contribution in [0.25, 0.3) is 0 Å². The molecule has 2 aromatic heterocycles. The lowest BCUT2D eigenvalue weighted by atomic mass is 10.4. The highest BCUT2D eigenvalue weighted by atomic mass is 32.2. The zero-order valence-electron chi connectivity index (χ0n) is 11.9. The molecule has 2 heterocycles. The Morgan fingerprint density at radius 3 is 1.95 bits per heavy atom. The largest absolute Gasteiger partial charge is 0.481 e. The quantitative estimate of drug-likeness (QED) is 0.618. The molecule has 0 aliphatic heterocycles.